The van der Waals surface area contributed by atoms with Crippen molar-refractivity contribution in [3.63, 3.8) is 0 Å². The molecule has 0 aliphatic carbocycles. The summed E-state index contributed by atoms with van der Waals surface area (Å²) in [5, 5.41) is 2.63. The predicted molar refractivity (Wildman–Crippen MR) is 91.1 cm³/mol. The average molecular weight is 368 g/mol. The number of benzene rings is 1. The van der Waals surface area contributed by atoms with Crippen LogP contribution in [0.5, 0.6) is 0 Å². The highest BCUT2D eigenvalue weighted by molar-refractivity contribution is 5.92. The number of nitrogens with one attached hydrogen (secondary N) is 2. The molecule has 0 saturated carbocycles. The van der Waals surface area contributed by atoms with Crippen molar-refractivity contribution < 1.29 is 18.0 Å². The molecule has 6 nitrogen and oxygen atoms in total. The number of aromatic amines is 1. The number of alkyl halides is 3. The first-order valence-corrected chi connectivity index (χ1v) is 7.92. The van der Waals surface area contributed by atoms with Crippen molar-refractivity contribution in [1.82, 2.24) is 15.3 Å². The van der Waals surface area contributed by atoms with E-state index in [1.165, 1.54) is 12.1 Å². The van der Waals surface area contributed by atoms with Crippen molar-refractivity contribution in [2.24, 2.45) is 0 Å². The van der Waals surface area contributed by atoms with Crippen LogP contribution in [0.2, 0.25) is 0 Å². The minimum absolute atomic E-state index is 0.0668. The number of hydrogen-bond acceptors (Lipinski definition) is 4. The lowest BCUT2D eigenvalue weighted by molar-refractivity contribution is -0.137. The Morgan fingerprint density at radius 2 is 1.92 bits per heavy atom. The van der Waals surface area contributed by atoms with Gasteiger partial charge < -0.3 is 10.2 Å². The van der Waals surface area contributed by atoms with Crippen molar-refractivity contribution in [1.29, 1.82) is 0 Å². The molecule has 0 fully saturated rings. The lowest BCUT2D eigenvalue weighted by atomic mass is 10.1. The summed E-state index contributed by atoms with van der Waals surface area (Å²) in [7, 11) is 1.71. The van der Waals surface area contributed by atoms with E-state index in [0.717, 1.165) is 18.2 Å². The number of rotatable bonds is 5. The predicted octanol–water partition coefficient (Wildman–Crippen LogP) is 2.74. The molecule has 9 heteroatoms. The highest BCUT2D eigenvalue weighted by atomic mass is 19.4. The molecule has 1 amide bonds. The van der Waals surface area contributed by atoms with E-state index >= 15 is 0 Å². The van der Waals surface area contributed by atoms with Gasteiger partial charge in [-0.15, -0.1) is 0 Å². The Labute approximate surface area is 148 Å². The van der Waals surface area contributed by atoms with Gasteiger partial charge in [0, 0.05) is 19.7 Å². The Hall–Kier alpha value is -2.84. The van der Waals surface area contributed by atoms with Crippen LogP contribution in [0.1, 0.15) is 41.5 Å². The smallest absolute Gasteiger partial charge is 0.346 e. The van der Waals surface area contributed by atoms with Crippen molar-refractivity contribution in [3.05, 3.63) is 57.5 Å². The monoisotopic (exact) mass is 368 g/mol. The van der Waals surface area contributed by atoms with Crippen molar-refractivity contribution in [2.75, 3.05) is 18.5 Å². The first kappa shape index (κ1) is 19.5. The largest absolute Gasteiger partial charge is 0.416 e. The van der Waals surface area contributed by atoms with Gasteiger partial charge in [0.05, 0.1) is 11.6 Å². The summed E-state index contributed by atoms with van der Waals surface area (Å²) in [6, 6.07) is 5.03. The van der Waals surface area contributed by atoms with Gasteiger partial charge in [0.15, 0.2) is 0 Å². The summed E-state index contributed by atoms with van der Waals surface area (Å²) in [6.07, 6.45) is -4.41. The second kappa shape index (κ2) is 7.59. The van der Waals surface area contributed by atoms with Gasteiger partial charge in [-0.25, -0.2) is 4.98 Å². The molecule has 1 atom stereocenters. The number of aromatic nitrogens is 2. The molecule has 0 saturated heterocycles. The number of nitrogens with zero attached hydrogens (tertiary/aromatic N) is 2. The topological polar surface area (TPSA) is 78.1 Å². The Morgan fingerprint density at radius 3 is 2.46 bits per heavy atom. The maximum absolute atomic E-state index is 12.6. The third kappa shape index (κ3) is 4.62. The molecule has 26 heavy (non-hydrogen) atoms. The van der Waals surface area contributed by atoms with Crippen LogP contribution in [0, 0.1) is 0 Å². The number of carbonyl (C=O) groups excluding carboxylic acids is 1. The summed E-state index contributed by atoms with van der Waals surface area (Å²) < 4.78 is 37.8. The molecule has 1 unspecified atom stereocenters. The van der Waals surface area contributed by atoms with E-state index in [0.29, 0.717) is 12.1 Å². The van der Waals surface area contributed by atoms with E-state index < -0.39 is 29.2 Å². The Morgan fingerprint density at radius 1 is 1.31 bits per heavy atom. The molecule has 1 aromatic heterocycles. The highest BCUT2D eigenvalue weighted by Gasteiger charge is 2.30. The zero-order valence-corrected chi connectivity index (χ0v) is 14.5. The molecule has 0 aliphatic rings. The number of H-pyrrole nitrogens is 1. The molecule has 2 N–H and O–H groups in total. The number of carbonyl (C=O) groups is 1. The Bertz CT molecular complexity index is 831. The summed E-state index contributed by atoms with van der Waals surface area (Å²) in [5.41, 5.74) is -0.796. The van der Waals surface area contributed by atoms with Crippen molar-refractivity contribution in [2.45, 2.75) is 26.1 Å². The second-order valence-electron chi connectivity index (χ2n) is 5.78. The van der Waals surface area contributed by atoms with Crippen LogP contribution in [0.25, 0.3) is 0 Å². The SMILES string of the molecule is CCN(C)c1nc(C(=O)NC(C)c2ccc(C(F)(F)F)cc2)cc(=O)[nH]1. The third-order valence-corrected chi connectivity index (χ3v) is 3.88. The van der Waals surface area contributed by atoms with Gasteiger partial charge in [0.25, 0.3) is 11.5 Å². The van der Waals surface area contributed by atoms with E-state index in [9.17, 15) is 22.8 Å². The van der Waals surface area contributed by atoms with E-state index in [-0.39, 0.29) is 11.6 Å². The van der Waals surface area contributed by atoms with Gasteiger partial charge in [0.2, 0.25) is 5.95 Å². The first-order chi connectivity index (χ1) is 12.1. The van der Waals surface area contributed by atoms with Gasteiger partial charge in [-0.05, 0) is 31.5 Å². The van der Waals surface area contributed by atoms with Gasteiger partial charge in [-0.1, -0.05) is 12.1 Å². The zero-order valence-electron chi connectivity index (χ0n) is 14.5. The summed E-state index contributed by atoms with van der Waals surface area (Å²) in [5.74, 6) is -0.332. The molecule has 0 radical (unpaired) electrons. The normalized spacial score (nSPS) is 12.5. The first-order valence-electron chi connectivity index (χ1n) is 7.92. The molecular formula is C17H19F3N4O2. The summed E-state index contributed by atoms with van der Waals surface area (Å²) >= 11 is 0. The summed E-state index contributed by atoms with van der Waals surface area (Å²) in [6.45, 7) is 4.07. The van der Waals surface area contributed by atoms with Gasteiger partial charge in [0.1, 0.15) is 5.69 Å². The van der Waals surface area contributed by atoms with Gasteiger partial charge >= 0.3 is 6.18 Å². The standard InChI is InChI=1S/C17H19F3N4O2/c1-4-24(3)16-22-13(9-14(25)23-16)15(26)21-10(2)11-5-7-12(8-6-11)17(18,19)20/h5-10H,4H2,1-3H3,(H,21,26)(H,22,23,25). The molecule has 2 rings (SSSR count). The highest BCUT2D eigenvalue weighted by Crippen LogP contribution is 2.29. The van der Waals surface area contributed by atoms with Crippen LogP contribution in [0.4, 0.5) is 19.1 Å². The number of amides is 1. The number of hydrogen-bond donors (Lipinski definition) is 2. The van der Waals surface area contributed by atoms with Crippen LogP contribution >= 0.6 is 0 Å². The Balaban J connectivity index is 2.16. The molecule has 2 aromatic rings. The van der Waals surface area contributed by atoms with E-state index in [1.807, 2.05) is 6.92 Å². The quantitative estimate of drug-likeness (QED) is 0.851. The molecule has 1 heterocycles. The molecule has 1 aromatic carbocycles. The Kier molecular flexibility index (Phi) is 5.69. The second-order valence-corrected chi connectivity index (χ2v) is 5.78. The van der Waals surface area contributed by atoms with Crippen LogP contribution in [0.3, 0.4) is 0 Å². The van der Waals surface area contributed by atoms with E-state index in [4.69, 9.17) is 0 Å². The molecule has 140 valence electrons. The molecule has 0 aliphatic heterocycles. The van der Waals surface area contributed by atoms with Crippen molar-refractivity contribution in [3.8, 4) is 0 Å². The van der Waals surface area contributed by atoms with Gasteiger partial charge in [-0.3, -0.25) is 14.6 Å². The zero-order chi connectivity index (χ0) is 19.5. The third-order valence-electron chi connectivity index (χ3n) is 3.88. The van der Waals surface area contributed by atoms with Crippen LogP contribution in [-0.2, 0) is 6.18 Å². The molecule has 0 bridgehead atoms. The van der Waals surface area contributed by atoms with Crippen LogP contribution in [0.15, 0.2) is 35.1 Å². The number of halogens is 3. The van der Waals surface area contributed by atoms with Gasteiger partial charge in [-0.2, -0.15) is 13.2 Å². The summed E-state index contributed by atoms with van der Waals surface area (Å²) in [4.78, 5) is 32.4. The van der Waals surface area contributed by atoms with Crippen LogP contribution in [-0.4, -0.2) is 29.5 Å². The minimum Gasteiger partial charge on any atom is -0.346 e. The fraction of sp³-hybridized carbons (Fsp3) is 0.353. The maximum Gasteiger partial charge on any atom is 0.416 e. The molecular weight excluding hydrogens is 349 g/mol. The van der Waals surface area contributed by atoms with Crippen LogP contribution < -0.4 is 15.8 Å². The lowest BCUT2D eigenvalue weighted by Gasteiger charge is -2.17. The van der Waals surface area contributed by atoms with E-state index in [1.54, 1.807) is 18.9 Å². The minimum atomic E-state index is -4.41. The van der Waals surface area contributed by atoms with Crippen molar-refractivity contribution >= 4 is 11.9 Å². The number of anilines is 1. The maximum atomic E-state index is 12.6. The lowest BCUT2D eigenvalue weighted by Crippen LogP contribution is -2.30. The van der Waals surface area contributed by atoms with E-state index in [2.05, 4.69) is 15.3 Å². The fourth-order valence-corrected chi connectivity index (χ4v) is 2.21. The molecule has 0 spiro atoms. The average Bonchev–Trinajstić information content (AvgIpc) is 2.59. The fourth-order valence-electron chi connectivity index (χ4n) is 2.21.